The molecule has 4 nitrogen and oxygen atoms in total. The fraction of sp³-hybridized carbons (Fsp3) is 0.412. The Balaban J connectivity index is 1.71. The van der Waals surface area contributed by atoms with Crippen LogP contribution in [0.4, 0.5) is 0 Å². The number of nitrogens with one attached hydrogen (secondary N) is 1. The maximum Gasteiger partial charge on any atom is 0.240 e. The van der Waals surface area contributed by atoms with Crippen molar-refractivity contribution < 1.29 is 9.59 Å². The van der Waals surface area contributed by atoms with Gasteiger partial charge in [0.1, 0.15) is 12.8 Å². The molecule has 1 saturated carbocycles. The maximum absolute atomic E-state index is 12.2. The molecular weight excluding hydrogens is 264 g/mol. The molecule has 3 rings (SSSR count). The lowest BCUT2D eigenvalue weighted by molar-refractivity contribution is -0.122. The van der Waals surface area contributed by atoms with Gasteiger partial charge >= 0.3 is 0 Å². The van der Waals surface area contributed by atoms with Crippen LogP contribution < -0.4 is 5.32 Å². The van der Waals surface area contributed by atoms with Gasteiger partial charge in [0.15, 0.2) is 0 Å². The number of carbonyl (C=O) groups excluding carboxylic acids is 2. The van der Waals surface area contributed by atoms with E-state index in [9.17, 15) is 9.59 Å². The number of nitrogens with zero attached hydrogens (tertiary/aromatic N) is 1. The number of aromatic nitrogens is 1. The van der Waals surface area contributed by atoms with Crippen molar-refractivity contribution in [3.63, 3.8) is 0 Å². The van der Waals surface area contributed by atoms with E-state index in [1.54, 1.807) is 6.07 Å². The molecule has 0 unspecified atom stereocenters. The van der Waals surface area contributed by atoms with Gasteiger partial charge in [-0.05, 0) is 30.4 Å². The minimum absolute atomic E-state index is 0.0518. The second-order valence-electron chi connectivity index (χ2n) is 5.78. The van der Waals surface area contributed by atoms with Crippen molar-refractivity contribution in [2.75, 3.05) is 0 Å². The van der Waals surface area contributed by atoms with Gasteiger partial charge in [0.2, 0.25) is 5.91 Å². The first-order valence-corrected chi connectivity index (χ1v) is 7.60. The topological polar surface area (TPSA) is 51.1 Å². The molecule has 1 fully saturated rings. The molecule has 0 saturated heterocycles. The van der Waals surface area contributed by atoms with Gasteiger partial charge in [-0.3, -0.25) is 9.59 Å². The number of fused-ring (bicyclic) bond motifs is 1. The minimum Gasteiger partial charge on any atom is -0.352 e. The van der Waals surface area contributed by atoms with E-state index in [0.717, 1.165) is 30.0 Å². The smallest absolute Gasteiger partial charge is 0.240 e. The number of carbonyl (C=O) groups is 2. The summed E-state index contributed by atoms with van der Waals surface area (Å²) in [7, 11) is 0. The first-order chi connectivity index (χ1) is 10.3. The van der Waals surface area contributed by atoms with E-state index in [1.165, 1.54) is 19.3 Å². The number of hydrogen-bond donors (Lipinski definition) is 1. The van der Waals surface area contributed by atoms with Crippen LogP contribution in [0.3, 0.4) is 0 Å². The molecule has 0 spiro atoms. The Hall–Kier alpha value is -2.10. The summed E-state index contributed by atoms with van der Waals surface area (Å²) in [4.78, 5) is 23.1. The summed E-state index contributed by atoms with van der Waals surface area (Å²) in [5.41, 5.74) is 1.56. The Bertz CT molecular complexity index is 654. The lowest BCUT2D eigenvalue weighted by Gasteiger charge is -2.22. The van der Waals surface area contributed by atoms with E-state index in [-0.39, 0.29) is 5.91 Å². The van der Waals surface area contributed by atoms with Crippen LogP contribution >= 0.6 is 0 Å². The summed E-state index contributed by atoms with van der Waals surface area (Å²) in [6.07, 6.45) is 8.61. The molecule has 110 valence electrons. The summed E-state index contributed by atoms with van der Waals surface area (Å²) in [5, 5.41) is 4.17. The quantitative estimate of drug-likeness (QED) is 0.878. The molecular formula is C17H20N2O2. The average Bonchev–Trinajstić information content (AvgIpc) is 2.90. The predicted molar refractivity (Wildman–Crippen MR) is 82.3 cm³/mol. The highest BCUT2D eigenvalue weighted by Gasteiger charge is 2.16. The van der Waals surface area contributed by atoms with Gasteiger partial charge < -0.3 is 9.88 Å². The van der Waals surface area contributed by atoms with Crippen LogP contribution in [-0.2, 0) is 11.3 Å². The molecule has 2 aromatic rings. The van der Waals surface area contributed by atoms with Crippen molar-refractivity contribution >= 4 is 23.1 Å². The lowest BCUT2D eigenvalue weighted by Crippen LogP contribution is -2.38. The van der Waals surface area contributed by atoms with Crippen molar-refractivity contribution in [2.45, 2.75) is 44.7 Å². The molecule has 1 aromatic carbocycles. The standard InChI is InChI=1S/C17H20N2O2/c20-12-13-6-7-14-8-9-19(16(14)10-13)11-17(21)18-15-4-2-1-3-5-15/h6-10,12,15H,1-5,11H2,(H,18,21). The third-order valence-electron chi connectivity index (χ3n) is 4.22. The Morgan fingerprint density at radius 2 is 2.05 bits per heavy atom. The zero-order valence-electron chi connectivity index (χ0n) is 12.0. The van der Waals surface area contributed by atoms with E-state index in [1.807, 2.05) is 29.0 Å². The van der Waals surface area contributed by atoms with Gasteiger partial charge in [-0.25, -0.2) is 0 Å². The minimum atomic E-state index is 0.0518. The number of benzene rings is 1. The first-order valence-electron chi connectivity index (χ1n) is 7.60. The Morgan fingerprint density at radius 3 is 2.81 bits per heavy atom. The Morgan fingerprint density at radius 1 is 1.24 bits per heavy atom. The van der Waals surface area contributed by atoms with Crippen molar-refractivity contribution in [1.29, 1.82) is 0 Å². The molecule has 0 bridgehead atoms. The van der Waals surface area contributed by atoms with Crippen molar-refractivity contribution in [3.05, 3.63) is 36.0 Å². The normalized spacial score (nSPS) is 16.0. The van der Waals surface area contributed by atoms with Crippen molar-refractivity contribution in [1.82, 2.24) is 9.88 Å². The monoisotopic (exact) mass is 284 g/mol. The SMILES string of the molecule is O=Cc1ccc2ccn(CC(=O)NC3CCCCC3)c2c1. The molecule has 0 atom stereocenters. The Kier molecular flexibility index (Phi) is 4.04. The van der Waals surface area contributed by atoms with Crippen LogP contribution in [-0.4, -0.2) is 22.8 Å². The molecule has 21 heavy (non-hydrogen) atoms. The van der Waals surface area contributed by atoms with Gasteiger partial charge in [0.25, 0.3) is 0 Å². The highest BCUT2D eigenvalue weighted by molar-refractivity contribution is 5.88. The van der Waals surface area contributed by atoms with Gasteiger partial charge in [-0.2, -0.15) is 0 Å². The number of aldehydes is 1. The summed E-state index contributed by atoms with van der Waals surface area (Å²) in [6, 6.07) is 7.84. The zero-order valence-corrected chi connectivity index (χ0v) is 12.0. The van der Waals surface area contributed by atoms with Crippen LogP contribution in [0.2, 0.25) is 0 Å². The van der Waals surface area contributed by atoms with Crippen molar-refractivity contribution in [2.24, 2.45) is 0 Å². The zero-order chi connectivity index (χ0) is 14.7. The molecule has 0 radical (unpaired) electrons. The molecule has 1 aliphatic rings. The van der Waals surface area contributed by atoms with Crippen LogP contribution in [0.15, 0.2) is 30.5 Å². The van der Waals surface area contributed by atoms with E-state index in [2.05, 4.69) is 5.32 Å². The molecule has 4 heteroatoms. The van der Waals surface area contributed by atoms with Gasteiger partial charge in [-0.1, -0.05) is 31.4 Å². The molecule has 1 heterocycles. The van der Waals surface area contributed by atoms with Gasteiger partial charge in [0.05, 0.1) is 0 Å². The third kappa shape index (κ3) is 3.15. The van der Waals surface area contributed by atoms with Gasteiger partial charge in [-0.15, -0.1) is 0 Å². The molecule has 1 amide bonds. The second-order valence-corrected chi connectivity index (χ2v) is 5.78. The summed E-state index contributed by atoms with van der Waals surface area (Å²) < 4.78 is 1.90. The van der Waals surface area contributed by atoms with Crippen molar-refractivity contribution in [3.8, 4) is 0 Å². The molecule has 1 N–H and O–H groups in total. The van der Waals surface area contributed by atoms with E-state index in [4.69, 9.17) is 0 Å². The van der Waals surface area contributed by atoms with E-state index >= 15 is 0 Å². The molecule has 0 aliphatic heterocycles. The van der Waals surface area contributed by atoms with Crippen LogP contribution in [0.1, 0.15) is 42.5 Å². The summed E-state index contributed by atoms with van der Waals surface area (Å²) in [5.74, 6) is 0.0518. The summed E-state index contributed by atoms with van der Waals surface area (Å²) >= 11 is 0. The highest BCUT2D eigenvalue weighted by atomic mass is 16.2. The predicted octanol–water partition coefficient (Wildman–Crippen LogP) is 2.90. The lowest BCUT2D eigenvalue weighted by atomic mass is 9.95. The van der Waals surface area contributed by atoms with Crippen LogP contribution in [0.25, 0.3) is 10.9 Å². The van der Waals surface area contributed by atoms with E-state index < -0.39 is 0 Å². The first kappa shape index (κ1) is 13.9. The largest absolute Gasteiger partial charge is 0.352 e. The number of hydrogen-bond acceptors (Lipinski definition) is 2. The average molecular weight is 284 g/mol. The highest BCUT2D eigenvalue weighted by Crippen LogP contribution is 2.19. The van der Waals surface area contributed by atoms with Crippen LogP contribution in [0.5, 0.6) is 0 Å². The second kappa shape index (κ2) is 6.12. The third-order valence-corrected chi connectivity index (χ3v) is 4.22. The maximum atomic E-state index is 12.2. The fourth-order valence-corrected chi connectivity index (χ4v) is 3.09. The summed E-state index contributed by atoms with van der Waals surface area (Å²) in [6.45, 7) is 0.308. The molecule has 1 aromatic heterocycles. The van der Waals surface area contributed by atoms with E-state index in [0.29, 0.717) is 18.2 Å². The fourth-order valence-electron chi connectivity index (χ4n) is 3.09. The van der Waals surface area contributed by atoms with Gasteiger partial charge in [0, 0.05) is 23.3 Å². The Labute approximate surface area is 124 Å². The van der Waals surface area contributed by atoms with Crippen LogP contribution in [0, 0.1) is 0 Å². The number of rotatable bonds is 4. The number of amides is 1. The molecule has 1 aliphatic carbocycles.